The molecule has 1 aliphatic heterocycles. The minimum atomic E-state index is -0.191. The summed E-state index contributed by atoms with van der Waals surface area (Å²) in [6, 6.07) is 5.81. The van der Waals surface area contributed by atoms with E-state index < -0.39 is 0 Å². The quantitative estimate of drug-likeness (QED) is 0.686. The Labute approximate surface area is 188 Å². The van der Waals surface area contributed by atoms with Gasteiger partial charge < -0.3 is 24.5 Å². The van der Waals surface area contributed by atoms with Gasteiger partial charge >= 0.3 is 0 Å². The second-order valence-corrected chi connectivity index (χ2v) is 8.24. The van der Waals surface area contributed by atoms with Gasteiger partial charge in [-0.25, -0.2) is 0 Å². The van der Waals surface area contributed by atoms with Crippen molar-refractivity contribution in [3.8, 4) is 11.5 Å². The number of amides is 1. The third kappa shape index (κ3) is 4.38. The van der Waals surface area contributed by atoms with E-state index in [0.29, 0.717) is 48.9 Å². The van der Waals surface area contributed by atoms with E-state index in [1.807, 2.05) is 25.1 Å². The van der Waals surface area contributed by atoms with Crippen LogP contribution in [-0.2, 0) is 11.2 Å². The lowest BCUT2D eigenvalue weighted by Crippen LogP contribution is -2.44. The van der Waals surface area contributed by atoms with Crippen LogP contribution in [0.5, 0.6) is 11.5 Å². The van der Waals surface area contributed by atoms with Crippen molar-refractivity contribution >= 4 is 11.7 Å². The molecule has 0 saturated carbocycles. The van der Waals surface area contributed by atoms with Crippen LogP contribution < -0.4 is 14.8 Å². The number of ketones is 1. The number of aromatic amines is 1. The lowest BCUT2D eigenvalue weighted by Gasteiger charge is -2.35. The van der Waals surface area contributed by atoms with E-state index in [1.54, 1.807) is 14.2 Å². The molecule has 2 heterocycles. The maximum absolute atomic E-state index is 13.1. The number of carbonyl (C=O) groups excluding carboxylic acids is 2. The zero-order valence-electron chi connectivity index (χ0n) is 19.0. The van der Waals surface area contributed by atoms with Gasteiger partial charge in [0.05, 0.1) is 33.5 Å². The zero-order valence-corrected chi connectivity index (χ0v) is 19.0. The Morgan fingerprint density at radius 2 is 1.94 bits per heavy atom. The maximum atomic E-state index is 13.1. The van der Waals surface area contributed by atoms with Crippen molar-refractivity contribution in [2.75, 3.05) is 47.1 Å². The van der Waals surface area contributed by atoms with Gasteiger partial charge in [0.25, 0.3) is 5.91 Å². The summed E-state index contributed by atoms with van der Waals surface area (Å²) in [5.41, 5.74) is 3.84. The number of hydrogen-bond acceptors (Lipinski definition) is 6. The van der Waals surface area contributed by atoms with Crippen LogP contribution in [0.15, 0.2) is 18.2 Å². The molecule has 2 N–H and O–H groups in total. The molecule has 0 radical (unpaired) electrons. The van der Waals surface area contributed by atoms with Gasteiger partial charge in [-0.05, 0) is 43.0 Å². The van der Waals surface area contributed by atoms with Crippen LogP contribution in [0, 0.1) is 6.92 Å². The Hall–Kier alpha value is -2.84. The predicted octanol–water partition coefficient (Wildman–Crippen LogP) is 2.66. The largest absolute Gasteiger partial charge is 0.493 e. The molecule has 1 aromatic carbocycles. The summed E-state index contributed by atoms with van der Waals surface area (Å²) in [6.07, 6.45) is 2.17. The minimum absolute atomic E-state index is 0.0471. The number of ether oxygens (including phenoxy) is 3. The number of nitrogens with one attached hydrogen (secondary N) is 2. The van der Waals surface area contributed by atoms with Gasteiger partial charge in [0.1, 0.15) is 5.69 Å². The van der Waals surface area contributed by atoms with E-state index >= 15 is 0 Å². The average molecular weight is 442 g/mol. The van der Waals surface area contributed by atoms with E-state index in [1.165, 1.54) is 0 Å². The van der Waals surface area contributed by atoms with Crippen molar-refractivity contribution in [3.05, 3.63) is 46.3 Å². The van der Waals surface area contributed by atoms with E-state index in [-0.39, 0.29) is 17.7 Å². The minimum Gasteiger partial charge on any atom is -0.493 e. The number of H-pyrrole nitrogens is 1. The Kier molecular flexibility index (Phi) is 6.81. The summed E-state index contributed by atoms with van der Waals surface area (Å²) in [7, 11) is 3.23. The standard InChI is InChI=1S/C24H31N3O5/c1-15-22-17(5-4-6-19(22)28)26-23(15)24(29)25-14-18(27-9-11-32-12-10-27)16-7-8-20(30-2)21(13-16)31-3/h7-8,13,18,26H,4-6,9-12,14H2,1-3H3,(H,25,29)/t18-/m1/s1. The van der Waals surface area contributed by atoms with Crippen LogP contribution in [0.3, 0.4) is 0 Å². The fourth-order valence-corrected chi connectivity index (χ4v) is 4.69. The highest BCUT2D eigenvalue weighted by Crippen LogP contribution is 2.32. The molecule has 172 valence electrons. The number of rotatable bonds is 7. The number of morpholine rings is 1. The molecule has 1 fully saturated rings. The first-order valence-electron chi connectivity index (χ1n) is 11.1. The van der Waals surface area contributed by atoms with Crippen molar-refractivity contribution in [1.29, 1.82) is 0 Å². The second-order valence-electron chi connectivity index (χ2n) is 8.24. The second kappa shape index (κ2) is 9.75. The summed E-state index contributed by atoms with van der Waals surface area (Å²) >= 11 is 0. The highest BCUT2D eigenvalue weighted by atomic mass is 16.5. The number of hydrogen-bond donors (Lipinski definition) is 2. The smallest absolute Gasteiger partial charge is 0.268 e. The summed E-state index contributed by atoms with van der Waals surface area (Å²) in [5.74, 6) is 1.25. The number of nitrogens with zero attached hydrogens (tertiary/aromatic N) is 1. The molecule has 1 saturated heterocycles. The first-order valence-corrected chi connectivity index (χ1v) is 11.1. The molecule has 8 heteroatoms. The number of benzene rings is 1. The Balaban J connectivity index is 1.56. The molecule has 2 aromatic rings. The third-order valence-electron chi connectivity index (χ3n) is 6.40. The van der Waals surface area contributed by atoms with Gasteiger partial charge in [-0.2, -0.15) is 0 Å². The summed E-state index contributed by atoms with van der Waals surface area (Å²) < 4.78 is 16.4. The molecule has 32 heavy (non-hydrogen) atoms. The molecule has 0 unspecified atom stereocenters. The number of carbonyl (C=O) groups is 2. The van der Waals surface area contributed by atoms with E-state index in [0.717, 1.165) is 42.8 Å². The van der Waals surface area contributed by atoms with Gasteiger partial charge in [-0.1, -0.05) is 6.07 Å². The molecule has 8 nitrogen and oxygen atoms in total. The Morgan fingerprint density at radius 1 is 1.19 bits per heavy atom. The highest BCUT2D eigenvalue weighted by Gasteiger charge is 2.28. The van der Waals surface area contributed by atoms with Crippen molar-refractivity contribution in [1.82, 2.24) is 15.2 Å². The number of Topliss-reactive ketones (excluding diaryl/α,β-unsaturated/α-hetero) is 1. The molecule has 1 atom stereocenters. The fourth-order valence-electron chi connectivity index (χ4n) is 4.69. The normalized spacial score (nSPS) is 17.5. The van der Waals surface area contributed by atoms with Crippen LogP contribution in [0.25, 0.3) is 0 Å². The van der Waals surface area contributed by atoms with E-state index in [2.05, 4.69) is 15.2 Å². The number of fused-ring (bicyclic) bond motifs is 1. The SMILES string of the molecule is COc1ccc([C@@H](CNC(=O)c2[nH]c3c(c2C)C(=O)CCC3)N2CCOCC2)cc1OC. The van der Waals surface area contributed by atoms with Crippen molar-refractivity contribution in [2.45, 2.75) is 32.2 Å². The van der Waals surface area contributed by atoms with Gasteiger partial charge in [-0.3, -0.25) is 14.5 Å². The van der Waals surface area contributed by atoms with Crippen molar-refractivity contribution in [3.63, 3.8) is 0 Å². The monoisotopic (exact) mass is 441 g/mol. The topological polar surface area (TPSA) is 92.9 Å². The highest BCUT2D eigenvalue weighted by molar-refractivity contribution is 6.04. The van der Waals surface area contributed by atoms with Crippen molar-refractivity contribution < 1.29 is 23.8 Å². The van der Waals surface area contributed by atoms with Crippen LogP contribution in [0.1, 0.15) is 56.6 Å². The molecular formula is C24H31N3O5. The summed E-state index contributed by atoms with van der Waals surface area (Å²) in [6.45, 7) is 5.13. The van der Waals surface area contributed by atoms with E-state index in [4.69, 9.17) is 14.2 Å². The fraction of sp³-hybridized carbons (Fsp3) is 0.500. The first-order chi connectivity index (χ1) is 15.5. The van der Waals surface area contributed by atoms with Gasteiger partial charge in [0, 0.05) is 37.3 Å². The van der Waals surface area contributed by atoms with Crippen LogP contribution >= 0.6 is 0 Å². The summed E-state index contributed by atoms with van der Waals surface area (Å²) in [4.78, 5) is 30.9. The predicted molar refractivity (Wildman–Crippen MR) is 120 cm³/mol. The molecule has 1 aromatic heterocycles. The lowest BCUT2D eigenvalue weighted by atomic mass is 9.94. The van der Waals surface area contributed by atoms with Crippen LogP contribution in [0.2, 0.25) is 0 Å². The lowest BCUT2D eigenvalue weighted by molar-refractivity contribution is 0.0161. The molecule has 1 amide bonds. The number of methoxy groups -OCH3 is 2. The number of aromatic nitrogens is 1. The average Bonchev–Trinajstić information content (AvgIpc) is 3.17. The molecule has 0 spiro atoms. The van der Waals surface area contributed by atoms with Crippen LogP contribution in [0.4, 0.5) is 0 Å². The molecule has 4 rings (SSSR count). The Morgan fingerprint density at radius 3 is 2.62 bits per heavy atom. The summed E-state index contributed by atoms with van der Waals surface area (Å²) in [5, 5.41) is 3.09. The molecule has 1 aliphatic carbocycles. The molecule has 0 bridgehead atoms. The third-order valence-corrected chi connectivity index (χ3v) is 6.40. The van der Waals surface area contributed by atoms with Gasteiger partial charge in [0.2, 0.25) is 0 Å². The van der Waals surface area contributed by atoms with Crippen molar-refractivity contribution in [2.24, 2.45) is 0 Å². The zero-order chi connectivity index (χ0) is 22.7. The van der Waals surface area contributed by atoms with Gasteiger partial charge in [0.15, 0.2) is 17.3 Å². The van der Waals surface area contributed by atoms with E-state index in [9.17, 15) is 9.59 Å². The Bertz CT molecular complexity index is 994. The maximum Gasteiger partial charge on any atom is 0.268 e. The molecular weight excluding hydrogens is 410 g/mol. The van der Waals surface area contributed by atoms with Gasteiger partial charge in [-0.15, -0.1) is 0 Å². The molecule has 2 aliphatic rings. The van der Waals surface area contributed by atoms with Crippen LogP contribution in [-0.4, -0.2) is 68.6 Å². The first kappa shape index (κ1) is 22.4. The number of aryl methyl sites for hydroxylation is 1.